The third-order valence-electron chi connectivity index (χ3n) is 3.33. The molecule has 0 bridgehead atoms. The van der Waals surface area contributed by atoms with Gasteiger partial charge >= 0.3 is 0 Å². The van der Waals surface area contributed by atoms with Crippen LogP contribution in [-0.4, -0.2) is 54.9 Å². The summed E-state index contributed by atoms with van der Waals surface area (Å²) >= 11 is 0. The van der Waals surface area contributed by atoms with Crippen LogP contribution in [-0.2, 0) is 4.74 Å². The summed E-state index contributed by atoms with van der Waals surface area (Å²) in [6, 6.07) is 5.12. The lowest BCUT2D eigenvalue weighted by Gasteiger charge is -2.36. The molecule has 0 radical (unpaired) electrons. The molecule has 1 aliphatic rings. The van der Waals surface area contributed by atoms with Gasteiger partial charge in [0.2, 0.25) is 0 Å². The minimum Gasteiger partial charge on any atom is -0.495 e. The van der Waals surface area contributed by atoms with E-state index in [9.17, 15) is 9.90 Å². The number of hydrogen-bond acceptors (Lipinski definition) is 5. The third kappa shape index (κ3) is 2.86. The Hall–Kier alpha value is -1.79. The maximum Gasteiger partial charge on any atom is 0.256 e. The van der Waals surface area contributed by atoms with Gasteiger partial charge in [0.25, 0.3) is 5.91 Å². The van der Waals surface area contributed by atoms with E-state index in [2.05, 4.69) is 0 Å². The van der Waals surface area contributed by atoms with Crippen molar-refractivity contribution in [3.63, 3.8) is 0 Å². The Balaban J connectivity index is 2.22. The normalized spacial score (nSPS) is 22.6. The molecule has 20 heavy (non-hydrogen) atoms. The highest BCUT2D eigenvalue weighted by Gasteiger charge is 2.29. The van der Waals surface area contributed by atoms with Crippen LogP contribution < -0.4 is 10.5 Å². The predicted molar refractivity (Wildman–Crippen MR) is 74.7 cm³/mol. The molecule has 0 aromatic heterocycles. The lowest BCUT2D eigenvalue weighted by Crippen LogP contribution is -2.50. The molecule has 2 unspecified atom stereocenters. The van der Waals surface area contributed by atoms with Gasteiger partial charge in [-0.05, 0) is 19.1 Å². The Kier molecular flexibility index (Phi) is 4.46. The zero-order valence-electron chi connectivity index (χ0n) is 11.7. The highest BCUT2D eigenvalue weighted by molar-refractivity contribution is 6.00. The number of nitrogens with two attached hydrogens (primary N) is 1. The van der Waals surface area contributed by atoms with E-state index in [0.29, 0.717) is 30.1 Å². The van der Waals surface area contributed by atoms with Crippen molar-refractivity contribution in [1.82, 2.24) is 4.90 Å². The highest BCUT2D eigenvalue weighted by atomic mass is 16.5. The number of methoxy groups -OCH3 is 1. The Bertz CT molecular complexity index is 492. The summed E-state index contributed by atoms with van der Waals surface area (Å²) in [5.74, 6) is 0.311. The molecule has 6 heteroatoms. The van der Waals surface area contributed by atoms with Gasteiger partial charge in [-0.3, -0.25) is 4.79 Å². The molecule has 1 aromatic carbocycles. The molecule has 1 aliphatic heterocycles. The van der Waals surface area contributed by atoms with Crippen molar-refractivity contribution in [2.75, 3.05) is 32.5 Å². The number of carbonyl (C=O) groups excluding carboxylic acids is 1. The van der Waals surface area contributed by atoms with Gasteiger partial charge in [-0.25, -0.2) is 0 Å². The molecule has 1 fully saturated rings. The molecule has 1 amide bonds. The van der Waals surface area contributed by atoms with Gasteiger partial charge in [0.15, 0.2) is 0 Å². The zero-order valence-corrected chi connectivity index (χ0v) is 11.7. The van der Waals surface area contributed by atoms with Gasteiger partial charge < -0.3 is 25.2 Å². The van der Waals surface area contributed by atoms with Gasteiger partial charge in [0.1, 0.15) is 5.75 Å². The van der Waals surface area contributed by atoms with Gasteiger partial charge in [0.05, 0.1) is 37.2 Å². The van der Waals surface area contributed by atoms with Crippen LogP contribution in [0.25, 0.3) is 0 Å². The maximum atomic E-state index is 12.5. The van der Waals surface area contributed by atoms with Crippen molar-refractivity contribution in [2.24, 2.45) is 0 Å². The van der Waals surface area contributed by atoms with Crippen LogP contribution in [0, 0.1) is 0 Å². The second-order valence-electron chi connectivity index (χ2n) is 4.88. The minimum atomic E-state index is -0.352. The number of ether oxygens (including phenoxy) is 2. The maximum absolute atomic E-state index is 12.5. The molecule has 2 atom stereocenters. The molecular weight excluding hydrogens is 260 g/mol. The van der Waals surface area contributed by atoms with Gasteiger partial charge in [-0.1, -0.05) is 6.07 Å². The monoisotopic (exact) mass is 280 g/mol. The smallest absolute Gasteiger partial charge is 0.256 e. The van der Waals surface area contributed by atoms with Crippen molar-refractivity contribution in [1.29, 1.82) is 0 Å². The topological polar surface area (TPSA) is 85.0 Å². The Labute approximate surface area is 118 Å². The SMILES string of the molecule is COc1cccc(C(=O)N2CC(C)OC(CO)C2)c1N. The molecule has 3 N–H and O–H groups in total. The Morgan fingerprint density at radius 2 is 2.30 bits per heavy atom. The summed E-state index contributed by atoms with van der Waals surface area (Å²) in [4.78, 5) is 14.2. The quantitative estimate of drug-likeness (QED) is 0.788. The van der Waals surface area contributed by atoms with E-state index in [1.165, 1.54) is 7.11 Å². The highest BCUT2D eigenvalue weighted by Crippen LogP contribution is 2.26. The van der Waals surface area contributed by atoms with Crippen molar-refractivity contribution < 1.29 is 19.4 Å². The third-order valence-corrected chi connectivity index (χ3v) is 3.33. The molecule has 110 valence electrons. The lowest BCUT2D eigenvalue weighted by atomic mass is 10.1. The molecule has 1 heterocycles. The largest absolute Gasteiger partial charge is 0.495 e. The minimum absolute atomic E-state index is 0.109. The number of nitrogens with zero attached hydrogens (tertiary/aromatic N) is 1. The van der Waals surface area contributed by atoms with Crippen molar-refractivity contribution in [3.8, 4) is 5.75 Å². The number of morpholine rings is 1. The molecule has 0 saturated carbocycles. The fourth-order valence-electron chi connectivity index (χ4n) is 2.39. The number of benzene rings is 1. The summed E-state index contributed by atoms with van der Waals surface area (Å²) in [7, 11) is 1.51. The lowest BCUT2D eigenvalue weighted by molar-refractivity contribution is -0.0858. The zero-order chi connectivity index (χ0) is 14.7. The Morgan fingerprint density at radius 3 is 2.95 bits per heavy atom. The molecule has 1 aromatic rings. The van der Waals surface area contributed by atoms with Crippen molar-refractivity contribution in [3.05, 3.63) is 23.8 Å². The average Bonchev–Trinajstić information content (AvgIpc) is 2.46. The molecule has 2 rings (SSSR count). The van der Waals surface area contributed by atoms with E-state index in [1.807, 2.05) is 6.92 Å². The fourth-order valence-corrected chi connectivity index (χ4v) is 2.39. The fraction of sp³-hybridized carbons (Fsp3) is 0.500. The van der Waals surface area contributed by atoms with Crippen LogP contribution in [0.15, 0.2) is 18.2 Å². The molecule has 6 nitrogen and oxygen atoms in total. The van der Waals surface area contributed by atoms with Crippen LogP contribution >= 0.6 is 0 Å². The first-order valence-electron chi connectivity index (χ1n) is 6.54. The summed E-state index contributed by atoms with van der Waals surface area (Å²) in [6.07, 6.45) is -0.466. The molecule has 1 saturated heterocycles. The summed E-state index contributed by atoms with van der Waals surface area (Å²) in [5, 5.41) is 9.21. The van der Waals surface area contributed by atoms with E-state index < -0.39 is 0 Å². The van der Waals surface area contributed by atoms with Gasteiger partial charge in [0, 0.05) is 13.1 Å². The Morgan fingerprint density at radius 1 is 1.55 bits per heavy atom. The van der Waals surface area contributed by atoms with E-state index in [0.717, 1.165) is 0 Å². The molecule has 0 spiro atoms. The second-order valence-corrected chi connectivity index (χ2v) is 4.88. The first kappa shape index (κ1) is 14.6. The van der Waals surface area contributed by atoms with E-state index in [4.69, 9.17) is 15.2 Å². The first-order valence-corrected chi connectivity index (χ1v) is 6.54. The number of rotatable bonds is 3. The van der Waals surface area contributed by atoms with Crippen molar-refractivity contribution >= 4 is 11.6 Å². The number of para-hydroxylation sites is 1. The number of hydrogen-bond donors (Lipinski definition) is 2. The first-order chi connectivity index (χ1) is 9.56. The van der Waals surface area contributed by atoms with Crippen LogP contribution in [0.5, 0.6) is 5.75 Å². The van der Waals surface area contributed by atoms with E-state index in [-0.39, 0.29) is 24.7 Å². The van der Waals surface area contributed by atoms with Gasteiger partial charge in [-0.15, -0.1) is 0 Å². The number of nitrogen functional groups attached to an aromatic ring is 1. The van der Waals surface area contributed by atoms with Crippen LogP contribution in [0.2, 0.25) is 0 Å². The predicted octanol–water partition coefficient (Wildman–Crippen LogP) is 0.499. The van der Waals surface area contributed by atoms with E-state index >= 15 is 0 Å². The van der Waals surface area contributed by atoms with E-state index in [1.54, 1.807) is 23.1 Å². The number of amides is 1. The van der Waals surface area contributed by atoms with Gasteiger partial charge in [-0.2, -0.15) is 0 Å². The number of anilines is 1. The van der Waals surface area contributed by atoms with Crippen molar-refractivity contribution in [2.45, 2.75) is 19.1 Å². The average molecular weight is 280 g/mol. The summed E-state index contributed by atoms with van der Waals surface area (Å²) < 4.78 is 10.7. The number of carbonyl (C=O) groups is 1. The second kappa shape index (κ2) is 6.11. The van der Waals surface area contributed by atoms with Crippen LogP contribution in [0.1, 0.15) is 17.3 Å². The molecule has 0 aliphatic carbocycles. The number of aliphatic hydroxyl groups excluding tert-OH is 1. The van der Waals surface area contributed by atoms with Crippen LogP contribution in [0.3, 0.4) is 0 Å². The summed E-state index contributed by atoms with van der Waals surface area (Å²) in [5.41, 5.74) is 6.70. The summed E-state index contributed by atoms with van der Waals surface area (Å²) in [6.45, 7) is 2.60. The van der Waals surface area contributed by atoms with Crippen LogP contribution in [0.4, 0.5) is 5.69 Å². The standard InChI is InChI=1S/C14H20N2O4/c1-9-6-16(7-10(8-17)20-9)14(18)11-4-3-5-12(19-2)13(11)15/h3-5,9-10,17H,6-8,15H2,1-2H3. The molecular formula is C14H20N2O4. The number of aliphatic hydroxyl groups is 1.